The quantitative estimate of drug-likeness (QED) is 0.360. The Morgan fingerprint density at radius 1 is 0.943 bits per heavy atom. The van der Waals surface area contributed by atoms with Crippen LogP contribution in [0.5, 0.6) is 0 Å². The molecule has 0 fully saturated rings. The highest BCUT2D eigenvalue weighted by Crippen LogP contribution is 2.31. The fourth-order valence-corrected chi connectivity index (χ4v) is 6.91. The maximum absolute atomic E-state index is 14.0. The lowest BCUT2D eigenvalue weighted by Gasteiger charge is -2.30. The van der Waals surface area contributed by atoms with Crippen LogP contribution in [0.15, 0.2) is 76.4 Å². The molecule has 0 aliphatic rings. The fourth-order valence-electron chi connectivity index (χ4n) is 4.89. The van der Waals surface area contributed by atoms with Crippen LogP contribution in [-0.4, -0.2) is 28.8 Å². The molecule has 3 aromatic carbocycles. The fraction of sp³-hybridized carbons (Fsp3) is 0.286. The number of hydrogen-bond acceptors (Lipinski definition) is 4. The van der Waals surface area contributed by atoms with E-state index in [9.17, 15) is 13.2 Å². The minimum absolute atomic E-state index is 0.183. The number of sulfonamides is 1. The highest BCUT2D eigenvalue weighted by atomic mass is 32.2. The van der Waals surface area contributed by atoms with Crippen LogP contribution in [0.25, 0.3) is 10.9 Å². The highest BCUT2D eigenvalue weighted by molar-refractivity contribution is 7.89. The lowest BCUT2D eigenvalue weighted by atomic mass is 10.1. The molecule has 0 saturated heterocycles. The van der Waals surface area contributed by atoms with E-state index in [1.165, 1.54) is 4.31 Å². The predicted molar refractivity (Wildman–Crippen MR) is 140 cm³/mol. The number of para-hydroxylation sites is 1. The van der Waals surface area contributed by atoms with Gasteiger partial charge in [-0.25, -0.2) is 13.4 Å². The number of aromatic nitrogens is 2. The first-order chi connectivity index (χ1) is 16.6. The van der Waals surface area contributed by atoms with E-state index in [0.717, 1.165) is 11.1 Å². The van der Waals surface area contributed by atoms with Crippen LogP contribution in [0.4, 0.5) is 0 Å². The van der Waals surface area contributed by atoms with Gasteiger partial charge in [0.15, 0.2) is 0 Å². The molecule has 0 radical (unpaired) electrons. The number of benzene rings is 3. The van der Waals surface area contributed by atoms with E-state index in [1.54, 1.807) is 23.6 Å². The molecular formula is C28H31N3O3S. The third-order valence-electron chi connectivity index (χ3n) is 6.36. The van der Waals surface area contributed by atoms with Crippen molar-refractivity contribution in [1.82, 2.24) is 13.9 Å². The Hall–Kier alpha value is -3.29. The molecule has 0 saturated carbocycles. The standard InChI is InChI=1S/C28H31N3O3S/c1-6-31(35(33,34)26-20(3)16-19(2)17-21(26)4)22(5)27-29-25-15-11-10-14-24(25)28(32)30(27)18-23-12-8-7-9-13-23/h7-17,22H,6,18H2,1-5H3. The number of fused-ring (bicyclic) bond motifs is 1. The van der Waals surface area contributed by atoms with E-state index in [0.29, 0.717) is 39.3 Å². The van der Waals surface area contributed by atoms with Gasteiger partial charge in [0.2, 0.25) is 10.0 Å². The second-order valence-corrected chi connectivity index (χ2v) is 10.8. The van der Waals surface area contributed by atoms with E-state index in [1.807, 2.05) is 82.3 Å². The number of nitrogens with zero attached hydrogens (tertiary/aromatic N) is 3. The maximum atomic E-state index is 14.0. The van der Waals surface area contributed by atoms with Gasteiger partial charge in [0.05, 0.1) is 28.4 Å². The van der Waals surface area contributed by atoms with Crippen molar-refractivity contribution < 1.29 is 8.42 Å². The van der Waals surface area contributed by atoms with Gasteiger partial charge < -0.3 is 0 Å². The van der Waals surface area contributed by atoms with E-state index >= 15 is 0 Å². The number of rotatable bonds is 7. The van der Waals surface area contributed by atoms with Crippen molar-refractivity contribution in [2.45, 2.75) is 52.1 Å². The van der Waals surface area contributed by atoms with Crippen molar-refractivity contribution in [3.05, 3.63) is 105 Å². The van der Waals surface area contributed by atoms with Crippen molar-refractivity contribution in [1.29, 1.82) is 0 Å². The second kappa shape index (κ2) is 9.76. The Morgan fingerprint density at radius 2 is 1.54 bits per heavy atom. The van der Waals surface area contributed by atoms with Crippen molar-refractivity contribution in [3.8, 4) is 0 Å². The molecule has 0 amide bonds. The summed E-state index contributed by atoms with van der Waals surface area (Å²) in [6.07, 6.45) is 0. The normalized spacial score (nSPS) is 12.9. The first-order valence-corrected chi connectivity index (χ1v) is 13.2. The third kappa shape index (κ3) is 4.66. The molecule has 1 unspecified atom stereocenters. The van der Waals surface area contributed by atoms with Gasteiger partial charge in [-0.15, -0.1) is 0 Å². The molecule has 0 aliphatic carbocycles. The predicted octanol–water partition coefficient (Wildman–Crippen LogP) is 5.14. The van der Waals surface area contributed by atoms with E-state index in [-0.39, 0.29) is 12.1 Å². The average Bonchev–Trinajstić information content (AvgIpc) is 2.80. The molecule has 7 heteroatoms. The summed E-state index contributed by atoms with van der Waals surface area (Å²) in [6.45, 7) is 9.76. The zero-order chi connectivity index (χ0) is 25.3. The Bertz CT molecular complexity index is 1520. The molecule has 0 N–H and O–H groups in total. The minimum atomic E-state index is -3.85. The van der Waals surface area contributed by atoms with Gasteiger partial charge in [-0.2, -0.15) is 4.31 Å². The monoisotopic (exact) mass is 489 g/mol. The van der Waals surface area contributed by atoms with Crippen molar-refractivity contribution >= 4 is 20.9 Å². The Morgan fingerprint density at radius 3 is 2.17 bits per heavy atom. The summed E-state index contributed by atoms with van der Waals surface area (Å²) in [5, 5.41) is 0.510. The SMILES string of the molecule is CCN(C(C)c1nc2ccccc2c(=O)n1Cc1ccccc1)S(=O)(=O)c1c(C)cc(C)cc1C. The summed E-state index contributed by atoms with van der Waals surface area (Å²) in [4.78, 5) is 18.7. The van der Waals surface area contributed by atoms with E-state index in [2.05, 4.69) is 0 Å². The van der Waals surface area contributed by atoms with Crippen LogP contribution in [0.3, 0.4) is 0 Å². The second-order valence-electron chi connectivity index (χ2n) is 8.98. The summed E-state index contributed by atoms with van der Waals surface area (Å²) < 4.78 is 31.0. The van der Waals surface area contributed by atoms with E-state index < -0.39 is 16.1 Å². The lowest BCUT2D eigenvalue weighted by Crippen LogP contribution is -2.38. The van der Waals surface area contributed by atoms with Gasteiger partial charge in [0.1, 0.15) is 5.82 Å². The van der Waals surface area contributed by atoms with Crippen molar-refractivity contribution in [2.75, 3.05) is 6.54 Å². The smallest absolute Gasteiger partial charge is 0.261 e. The van der Waals surface area contributed by atoms with Crippen LogP contribution in [0, 0.1) is 20.8 Å². The van der Waals surface area contributed by atoms with Crippen molar-refractivity contribution in [2.24, 2.45) is 0 Å². The summed E-state index contributed by atoms with van der Waals surface area (Å²) in [6, 6.07) is 20.0. The molecule has 4 aromatic rings. The molecule has 0 spiro atoms. The van der Waals surface area contributed by atoms with Gasteiger partial charge in [-0.05, 0) is 56.5 Å². The third-order valence-corrected chi connectivity index (χ3v) is 8.72. The van der Waals surface area contributed by atoms with Crippen LogP contribution in [-0.2, 0) is 16.6 Å². The Balaban J connectivity index is 1.90. The zero-order valence-electron chi connectivity index (χ0n) is 20.8. The average molecular weight is 490 g/mol. The lowest BCUT2D eigenvalue weighted by molar-refractivity contribution is 0.334. The summed E-state index contributed by atoms with van der Waals surface area (Å²) in [5.41, 5.74) is 3.75. The molecule has 4 rings (SSSR count). The zero-order valence-corrected chi connectivity index (χ0v) is 21.6. The van der Waals surface area contributed by atoms with Gasteiger partial charge in [-0.3, -0.25) is 9.36 Å². The summed E-state index contributed by atoms with van der Waals surface area (Å²) in [5.74, 6) is 0.422. The van der Waals surface area contributed by atoms with Crippen LogP contribution >= 0.6 is 0 Å². The summed E-state index contributed by atoms with van der Waals surface area (Å²) >= 11 is 0. The molecule has 0 bridgehead atoms. The topological polar surface area (TPSA) is 72.3 Å². The molecule has 1 atom stereocenters. The number of aryl methyl sites for hydroxylation is 3. The summed E-state index contributed by atoms with van der Waals surface area (Å²) in [7, 11) is -3.85. The largest absolute Gasteiger partial charge is 0.290 e. The van der Waals surface area contributed by atoms with Gasteiger partial charge >= 0.3 is 0 Å². The van der Waals surface area contributed by atoms with Gasteiger partial charge in [0.25, 0.3) is 5.56 Å². The molecule has 35 heavy (non-hydrogen) atoms. The number of hydrogen-bond donors (Lipinski definition) is 0. The Kier molecular flexibility index (Phi) is 6.92. The molecular weight excluding hydrogens is 458 g/mol. The first kappa shape index (κ1) is 24.8. The van der Waals surface area contributed by atoms with E-state index in [4.69, 9.17) is 4.98 Å². The molecule has 0 aliphatic heterocycles. The van der Waals surface area contributed by atoms with Crippen LogP contribution in [0.1, 0.15) is 48.0 Å². The molecule has 1 aromatic heterocycles. The Labute approximate surface area is 206 Å². The first-order valence-electron chi connectivity index (χ1n) is 11.8. The molecule has 182 valence electrons. The highest BCUT2D eigenvalue weighted by Gasteiger charge is 2.33. The minimum Gasteiger partial charge on any atom is -0.290 e. The molecule has 1 heterocycles. The van der Waals surface area contributed by atoms with Crippen LogP contribution < -0.4 is 5.56 Å². The van der Waals surface area contributed by atoms with Gasteiger partial charge in [-0.1, -0.05) is 67.1 Å². The maximum Gasteiger partial charge on any atom is 0.261 e. The van der Waals surface area contributed by atoms with Gasteiger partial charge in [0, 0.05) is 6.54 Å². The van der Waals surface area contributed by atoms with Crippen LogP contribution in [0.2, 0.25) is 0 Å². The van der Waals surface area contributed by atoms with Crippen molar-refractivity contribution in [3.63, 3.8) is 0 Å². The molecule has 6 nitrogen and oxygen atoms in total.